The Hall–Kier alpha value is -0.850. The number of hydrogen-bond donors (Lipinski definition) is 2. The molecule has 35 heavy (non-hydrogen) atoms. The van der Waals surface area contributed by atoms with Crippen LogP contribution < -0.4 is 0 Å². The summed E-state index contributed by atoms with van der Waals surface area (Å²) >= 11 is 0. The number of fused-ring (bicyclic) bond motifs is 4. The zero-order chi connectivity index (χ0) is 25.2. The number of amides is 1. The van der Waals surface area contributed by atoms with Crippen LogP contribution in [0.15, 0.2) is 0 Å². The number of likely N-dealkylation sites (N-methyl/N-ethyl adjacent to an activating group) is 1. The van der Waals surface area contributed by atoms with E-state index in [0.717, 1.165) is 25.7 Å². The van der Waals surface area contributed by atoms with Gasteiger partial charge >= 0.3 is 6.09 Å². The molecule has 1 aliphatic heterocycles. The fourth-order valence-corrected chi connectivity index (χ4v) is 11.5. The highest BCUT2D eigenvalue weighted by atomic mass is 16.5. The van der Waals surface area contributed by atoms with Crippen LogP contribution in [0.2, 0.25) is 0 Å². The van der Waals surface area contributed by atoms with Crippen molar-refractivity contribution in [1.82, 2.24) is 4.90 Å². The molecule has 5 saturated carbocycles. The van der Waals surface area contributed by atoms with Gasteiger partial charge in [-0.2, -0.15) is 0 Å². The maximum Gasteiger partial charge on any atom is 0.409 e. The molecule has 6 rings (SSSR count). The second-order valence-electron chi connectivity index (χ2n) is 14.4. The molecule has 0 radical (unpaired) electrons. The van der Waals surface area contributed by atoms with Crippen LogP contribution in [0.25, 0.3) is 0 Å². The van der Waals surface area contributed by atoms with Crippen LogP contribution in [0, 0.1) is 44.8 Å². The van der Waals surface area contributed by atoms with Gasteiger partial charge in [-0.05, 0) is 97.2 Å². The molecule has 7 unspecified atom stereocenters. The van der Waals surface area contributed by atoms with E-state index in [1.54, 1.807) is 11.9 Å². The van der Waals surface area contributed by atoms with Gasteiger partial charge in [0.1, 0.15) is 0 Å². The van der Waals surface area contributed by atoms with Crippen molar-refractivity contribution in [1.29, 1.82) is 0 Å². The summed E-state index contributed by atoms with van der Waals surface area (Å²) in [4.78, 5) is 13.5. The molecular formula is C29H47NO5. The number of carbonyl (C=O) groups excluding carboxylic acids is 1. The molecule has 0 aromatic heterocycles. The zero-order valence-electron chi connectivity index (χ0n) is 22.7. The second-order valence-corrected chi connectivity index (χ2v) is 14.4. The Morgan fingerprint density at radius 2 is 1.66 bits per heavy atom. The molecule has 198 valence electrons. The minimum absolute atomic E-state index is 0.0152. The quantitative estimate of drug-likeness (QED) is 0.592. The van der Waals surface area contributed by atoms with E-state index in [-0.39, 0.29) is 40.7 Å². The Labute approximate surface area is 211 Å². The normalized spacial score (nSPS) is 55.5. The van der Waals surface area contributed by atoms with E-state index in [0.29, 0.717) is 35.1 Å². The summed E-state index contributed by atoms with van der Waals surface area (Å²) in [5, 5.41) is 23.0. The van der Waals surface area contributed by atoms with Gasteiger partial charge in [-0.25, -0.2) is 4.79 Å². The molecule has 6 heteroatoms. The van der Waals surface area contributed by atoms with Gasteiger partial charge in [0.15, 0.2) is 0 Å². The summed E-state index contributed by atoms with van der Waals surface area (Å²) in [7, 11) is 3.17. The van der Waals surface area contributed by atoms with E-state index >= 15 is 0 Å². The monoisotopic (exact) mass is 489 g/mol. The lowest BCUT2D eigenvalue weighted by Crippen LogP contribution is -2.59. The molecule has 1 saturated heterocycles. The van der Waals surface area contributed by atoms with Gasteiger partial charge in [0, 0.05) is 19.0 Å². The Morgan fingerprint density at radius 3 is 2.37 bits per heavy atom. The van der Waals surface area contributed by atoms with E-state index in [1.807, 2.05) is 0 Å². The lowest BCUT2D eigenvalue weighted by molar-refractivity contribution is -0.182. The number of methoxy groups -OCH3 is 1. The van der Waals surface area contributed by atoms with Gasteiger partial charge in [-0.1, -0.05) is 27.7 Å². The summed E-state index contributed by atoms with van der Waals surface area (Å²) in [5.74, 6) is 1.49. The van der Waals surface area contributed by atoms with Crippen molar-refractivity contribution in [2.45, 2.75) is 110 Å². The number of aliphatic hydroxyl groups excluding tert-OH is 2. The second kappa shape index (κ2) is 7.38. The van der Waals surface area contributed by atoms with Gasteiger partial charge in [-0.3, -0.25) is 0 Å². The molecule has 1 heterocycles. The van der Waals surface area contributed by atoms with Gasteiger partial charge in [0.2, 0.25) is 0 Å². The SMILES string of the molecule is COC(=O)N(C)CC1CCC2C(O1)[C@H](O)[C@@]1(C)C3CC[C@H]4C(C)(C)[C@@H](O)CCC45CC35CCC21C. The van der Waals surface area contributed by atoms with Crippen molar-refractivity contribution in [3.8, 4) is 0 Å². The molecule has 5 aliphatic carbocycles. The molecule has 0 bridgehead atoms. The molecule has 0 aromatic rings. The van der Waals surface area contributed by atoms with E-state index < -0.39 is 6.10 Å². The average molecular weight is 490 g/mol. The Kier molecular flexibility index (Phi) is 5.16. The summed E-state index contributed by atoms with van der Waals surface area (Å²) < 4.78 is 11.5. The third-order valence-electron chi connectivity index (χ3n) is 13.5. The maximum absolute atomic E-state index is 12.1. The molecule has 1 amide bonds. The predicted molar refractivity (Wildman–Crippen MR) is 133 cm³/mol. The van der Waals surface area contributed by atoms with E-state index in [1.165, 1.54) is 39.2 Å². The number of hydrogen-bond acceptors (Lipinski definition) is 5. The third-order valence-corrected chi connectivity index (χ3v) is 13.5. The standard InChI is InChI=1S/C29H47NO5/c1-25(2)19-9-10-20-27(4)23(32)22-18(8-7-17(35-22)15-30(5)24(33)34-6)26(27,3)13-14-29(20)16-28(19,29)12-11-21(25)31/h17-23,31-32H,7-16H2,1-6H3/t17?,18?,19-,20?,21-,22?,23-,26?,27+,28?,29?/m0/s1. The lowest BCUT2D eigenvalue weighted by Gasteiger charge is -2.63. The first-order chi connectivity index (χ1) is 16.4. The highest BCUT2D eigenvalue weighted by Crippen LogP contribution is 2.89. The van der Waals surface area contributed by atoms with Crippen molar-refractivity contribution in [2.24, 2.45) is 44.8 Å². The molecule has 11 atom stereocenters. The minimum atomic E-state index is -0.470. The predicted octanol–water partition coefficient (Wildman–Crippen LogP) is 4.61. The average Bonchev–Trinajstić information content (AvgIpc) is 3.46. The fourth-order valence-electron chi connectivity index (χ4n) is 11.5. The third kappa shape index (κ3) is 2.75. The first kappa shape index (κ1) is 24.5. The van der Waals surface area contributed by atoms with Crippen LogP contribution >= 0.6 is 0 Å². The van der Waals surface area contributed by atoms with Gasteiger partial charge in [-0.15, -0.1) is 0 Å². The van der Waals surface area contributed by atoms with E-state index in [9.17, 15) is 15.0 Å². The molecule has 6 nitrogen and oxygen atoms in total. The smallest absolute Gasteiger partial charge is 0.409 e. The van der Waals surface area contributed by atoms with Crippen molar-refractivity contribution in [3.63, 3.8) is 0 Å². The van der Waals surface area contributed by atoms with E-state index in [4.69, 9.17) is 9.47 Å². The molecule has 2 spiro atoms. The van der Waals surface area contributed by atoms with Gasteiger partial charge in [0.25, 0.3) is 0 Å². The van der Waals surface area contributed by atoms with E-state index in [2.05, 4.69) is 27.7 Å². The first-order valence-corrected chi connectivity index (χ1v) is 14.2. The number of carbonyl (C=O) groups is 1. The summed E-state index contributed by atoms with van der Waals surface area (Å²) in [6.07, 6.45) is 8.95. The molecule has 2 N–H and O–H groups in total. The van der Waals surface area contributed by atoms with Crippen molar-refractivity contribution in [3.05, 3.63) is 0 Å². The van der Waals surface area contributed by atoms with Crippen molar-refractivity contribution < 1.29 is 24.5 Å². The molecular weight excluding hydrogens is 442 g/mol. The van der Waals surface area contributed by atoms with Crippen LogP contribution in [0.1, 0.15) is 85.5 Å². The summed E-state index contributed by atoms with van der Waals surface area (Å²) in [6.45, 7) is 10.0. The number of ether oxygens (including phenoxy) is 2. The lowest BCUT2D eigenvalue weighted by atomic mass is 9.41. The topological polar surface area (TPSA) is 79.2 Å². The van der Waals surface area contributed by atoms with Crippen LogP contribution in [0.5, 0.6) is 0 Å². The Morgan fingerprint density at radius 1 is 0.971 bits per heavy atom. The Balaban J connectivity index is 1.29. The van der Waals surface area contributed by atoms with Crippen LogP contribution in [0.3, 0.4) is 0 Å². The molecule has 6 fully saturated rings. The van der Waals surface area contributed by atoms with Crippen molar-refractivity contribution in [2.75, 3.05) is 20.7 Å². The zero-order valence-corrected chi connectivity index (χ0v) is 22.7. The summed E-state index contributed by atoms with van der Waals surface area (Å²) in [5.41, 5.74) is 0.604. The number of nitrogens with zero attached hydrogens (tertiary/aromatic N) is 1. The Bertz CT molecular complexity index is 908. The largest absolute Gasteiger partial charge is 0.453 e. The number of rotatable bonds is 2. The first-order valence-electron chi connectivity index (χ1n) is 14.2. The van der Waals surface area contributed by atoms with Gasteiger partial charge in [0.05, 0.1) is 31.5 Å². The van der Waals surface area contributed by atoms with Crippen LogP contribution in [0.4, 0.5) is 4.79 Å². The van der Waals surface area contributed by atoms with Crippen molar-refractivity contribution >= 4 is 6.09 Å². The minimum Gasteiger partial charge on any atom is -0.453 e. The molecule has 6 aliphatic rings. The maximum atomic E-state index is 12.1. The van der Waals surface area contributed by atoms with Crippen LogP contribution in [-0.2, 0) is 9.47 Å². The highest BCUT2D eigenvalue weighted by molar-refractivity contribution is 5.66. The van der Waals surface area contributed by atoms with Gasteiger partial charge < -0.3 is 24.6 Å². The fraction of sp³-hybridized carbons (Fsp3) is 0.966. The number of aliphatic hydroxyl groups is 2. The summed E-state index contributed by atoms with van der Waals surface area (Å²) in [6, 6.07) is 0. The highest BCUT2D eigenvalue weighted by Gasteiger charge is 2.84. The molecule has 0 aromatic carbocycles. The van der Waals surface area contributed by atoms with Crippen LogP contribution in [-0.4, -0.2) is 66.3 Å².